The molecule has 0 unspecified atom stereocenters. The minimum absolute atomic E-state index is 0.0880. The molecule has 0 amide bonds. The Morgan fingerprint density at radius 1 is 1.25 bits per heavy atom. The number of hydrogen-bond donors (Lipinski definition) is 1. The number of halogens is 1. The highest BCUT2D eigenvalue weighted by Gasteiger charge is 2.43. The zero-order valence-electron chi connectivity index (χ0n) is 17.0. The number of hydrogen-bond acceptors (Lipinski definition) is 4. The molecule has 2 aliphatic rings. The van der Waals surface area contributed by atoms with E-state index in [1.54, 1.807) is 12.1 Å². The van der Waals surface area contributed by atoms with Crippen LogP contribution in [0.1, 0.15) is 64.9 Å². The van der Waals surface area contributed by atoms with Gasteiger partial charge in [0.15, 0.2) is 5.78 Å². The number of carbonyl (C=O) groups excluding carboxylic acids is 2. The van der Waals surface area contributed by atoms with E-state index >= 15 is 0 Å². The van der Waals surface area contributed by atoms with E-state index in [-0.39, 0.29) is 17.2 Å². The third-order valence-corrected chi connectivity index (χ3v) is 5.65. The van der Waals surface area contributed by atoms with Gasteiger partial charge in [0.2, 0.25) is 0 Å². The Kier molecular flexibility index (Phi) is 5.99. The van der Waals surface area contributed by atoms with Crippen LogP contribution in [0.4, 0.5) is 0 Å². The van der Waals surface area contributed by atoms with Crippen LogP contribution in [0.3, 0.4) is 0 Å². The Labute approximate surface area is 172 Å². The van der Waals surface area contributed by atoms with Crippen LogP contribution >= 0.6 is 11.6 Å². The Balaban J connectivity index is 2.07. The van der Waals surface area contributed by atoms with E-state index < -0.39 is 5.92 Å². The maximum atomic E-state index is 13.1. The van der Waals surface area contributed by atoms with Crippen LogP contribution in [0.15, 0.2) is 46.8 Å². The second-order valence-corrected chi connectivity index (χ2v) is 8.91. The zero-order chi connectivity index (χ0) is 20.5. The van der Waals surface area contributed by atoms with Crippen LogP contribution in [-0.2, 0) is 14.3 Å². The summed E-state index contributed by atoms with van der Waals surface area (Å²) in [6, 6.07) is 7.38. The van der Waals surface area contributed by atoms with E-state index in [1.165, 1.54) is 0 Å². The van der Waals surface area contributed by atoms with E-state index in [1.807, 2.05) is 19.1 Å². The summed E-state index contributed by atoms with van der Waals surface area (Å²) in [7, 11) is 0. The second-order valence-electron chi connectivity index (χ2n) is 8.47. The first-order chi connectivity index (χ1) is 13.2. The van der Waals surface area contributed by atoms with Crippen molar-refractivity contribution in [2.24, 2.45) is 5.41 Å². The van der Waals surface area contributed by atoms with Crippen LogP contribution in [0.2, 0.25) is 5.02 Å². The molecule has 5 heteroatoms. The summed E-state index contributed by atoms with van der Waals surface area (Å²) in [5, 5.41) is 3.97. The fraction of sp³-hybridized carbons (Fsp3) is 0.478. The summed E-state index contributed by atoms with van der Waals surface area (Å²) >= 11 is 6.07. The number of esters is 1. The molecule has 1 aliphatic carbocycles. The van der Waals surface area contributed by atoms with Gasteiger partial charge in [-0.2, -0.15) is 0 Å². The monoisotopic (exact) mass is 401 g/mol. The molecule has 3 rings (SSSR count). The fourth-order valence-electron chi connectivity index (χ4n) is 4.08. The Morgan fingerprint density at radius 2 is 1.93 bits per heavy atom. The predicted molar refractivity (Wildman–Crippen MR) is 111 cm³/mol. The molecule has 0 saturated carbocycles. The fourth-order valence-corrected chi connectivity index (χ4v) is 4.21. The molecule has 1 heterocycles. The van der Waals surface area contributed by atoms with Gasteiger partial charge in [0.05, 0.1) is 12.2 Å². The van der Waals surface area contributed by atoms with Gasteiger partial charge in [0.1, 0.15) is 0 Å². The topological polar surface area (TPSA) is 55.4 Å². The maximum Gasteiger partial charge on any atom is 0.336 e. The van der Waals surface area contributed by atoms with Gasteiger partial charge < -0.3 is 10.1 Å². The van der Waals surface area contributed by atoms with Crippen LogP contribution < -0.4 is 5.32 Å². The second kappa shape index (κ2) is 8.12. The van der Waals surface area contributed by atoms with E-state index in [2.05, 4.69) is 26.1 Å². The molecule has 1 N–H and O–H groups in total. The highest BCUT2D eigenvalue weighted by molar-refractivity contribution is 6.30. The van der Waals surface area contributed by atoms with E-state index in [9.17, 15) is 9.59 Å². The molecule has 0 spiro atoms. The third-order valence-electron chi connectivity index (χ3n) is 5.39. The molecule has 1 aliphatic heterocycles. The first-order valence-corrected chi connectivity index (χ1v) is 10.3. The molecule has 0 fully saturated rings. The molecule has 4 nitrogen and oxygen atoms in total. The Morgan fingerprint density at radius 3 is 2.57 bits per heavy atom. The van der Waals surface area contributed by atoms with E-state index in [0.717, 1.165) is 36.2 Å². The number of allylic oxidation sites excluding steroid dienone is 3. The molecule has 0 bridgehead atoms. The highest BCUT2D eigenvalue weighted by atomic mass is 35.5. The van der Waals surface area contributed by atoms with Crippen molar-refractivity contribution in [2.45, 2.75) is 59.3 Å². The minimum Gasteiger partial charge on any atom is -0.462 e. The van der Waals surface area contributed by atoms with E-state index in [0.29, 0.717) is 29.2 Å². The van der Waals surface area contributed by atoms with Crippen LogP contribution in [0, 0.1) is 5.41 Å². The lowest BCUT2D eigenvalue weighted by molar-refractivity contribution is -0.139. The lowest BCUT2D eigenvalue weighted by Crippen LogP contribution is -2.38. The lowest BCUT2D eigenvalue weighted by Gasteiger charge is -2.39. The number of nitrogens with one attached hydrogen (secondary N) is 1. The molecular weight excluding hydrogens is 374 g/mol. The van der Waals surface area contributed by atoms with Gasteiger partial charge in [-0.05, 0) is 42.9 Å². The number of carbonyl (C=O) groups is 2. The number of ether oxygens (including phenoxy) is 1. The van der Waals surface area contributed by atoms with Gasteiger partial charge in [-0.1, -0.05) is 50.9 Å². The number of unbranched alkanes of at least 4 members (excludes halogenated alkanes) is 1. The van der Waals surface area contributed by atoms with E-state index in [4.69, 9.17) is 16.3 Å². The largest absolute Gasteiger partial charge is 0.462 e. The summed E-state index contributed by atoms with van der Waals surface area (Å²) in [6.45, 7) is 8.51. The first kappa shape index (κ1) is 20.7. The standard InChI is InChI=1S/C23H28ClNO3/c1-5-6-11-28-22(27)19-14(2)25-17-12-23(3,4)13-18(26)21(17)20(19)15-7-9-16(24)10-8-15/h7-10,20,25H,5-6,11-13H2,1-4H3/t20-/m0/s1. The highest BCUT2D eigenvalue weighted by Crippen LogP contribution is 2.46. The van der Waals surface area contributed by atoms with Gasteiger partial charge in [0.25, 0.3) is 0 Å². The molecule has 0 radical (unpaired) electrons. The van der Waals surface area contributed by atoms with Gasteiger partial charge in [-0.3, -0.25) is 4.79 Å². The predicted octanol–water partition coefficient (Wildman–Crippen LogP) is 5.29. The summed E-state index contributed by atoms with van der Waals surface area (Å²) in [5.74, 6) is -0.695. The summed E-state index contributed by atoms with van der Waals surface area (Å²) in [4.78, 5) is 26.1. The van der Waals surface area contributed by atoms with Gasteiger partial charge >= 0.3 is 5.97 Å². The van der Waals surface area contributed by atoms with Crippen molar-refractivity contribution < 1.29 is 14.3 Å². The molecular formula is C23H28ClNO3. The summed E-state index contributed by atoms with van der Waals surface area (Å²) in [6.07, 6.45) is 3.01. The van der Waals surface area contributed by atoms with Crippen molar-refractivity contribution in [1.82, 2.24) is 5.32 Å². The lowest BCUT2D eigenvalue weighted by atomic mass is 9.68. The van der Waals surface area contributed by atoms with Crippen molar-refractivity contribution in [2.75, 3.05) is 6.61 Å². The summed E-state index contributed by atoms with van der Waals surface area (Å²) < 4.78 is 5.53. The number of rotatable bonds is 5. The van der Waals surface area contributed by atoms with Crippen molar-refractivity contribution in [3.63, 3.8) is 0 Å². The van der Waals surface area contributed by atoms with Crippen molar-refractivity contribution in [3.8, 4) is 0 Å². The van der Waals surface area contributed by atoms with Gasteiger partial charge in [0, 0.05) is 34.3 Å². The van der Waals surface area contributed by atoms with Crippen LogP contribution in [0.25, 0.3) is 0 Å². The van der Waals surface area contributed by atoms with Crippen LogP contribution in [0.5, 0.6) is 0 Å². The van der Waals surface area contributed by atoms with Gasteiger partial charge in [-0.15, -0.1) is 0 Å². The molecule has 0 aromatic heterocycles. The average molecular weight is 402 g/mol. The normalized spacial score (nSPS) is 21.3. The number of benzene rings is 1. The molecule has 1 aromatic carbocycles. The molecule has 1 aromatic rings. The number of Topliss-reactive ketones (excluding diaryl/α,β-unsaturated/α-hetero) is 1. The minimum atomic E-state index is -0.425. The third kappa shape index (κ3) is 4.17. The Hall–Kier alpha value is -2.07. The van der Waals surface area contributed by atoms with Crippen molar-refractivity contribution in [1.29, 1.82) is 0 Å². The SMILES string of the molecule is CCCCOC(=O)C1=C(C)NC2=C(C(=O)CC(C)(C)C2)[C@H]1c1ccc(Cl)cc1. The average Bonchev–Trinajstić information content (AvgIpc) is 2.60. The van der Waals surface area contributed by atoms with Crippen molar-refractivity contribution >= 4 is 23.4 Å². The Bertz CT molecular complexity index is 849. The maximum absolute atomic E-state index is 13.1. The van der Waals surface area contributed by atoms with Crippen molar-refractivity contribution in [3.05, 3.63) is 57.4 Å². The quantitative estimate of drug-likeness (QED) is 0.538. The smallest absolute Gasteiger partial charge is 0.336 e. The van der Waals surface area contributed by atoms with Crippen LogP contribution in [-0.4, -0.2) is 18.4 Å². The first-order valence-electron chi connectivity index (χ1n) is 9.90. The van der Waals surface area contributed by atoms with Gasteiger partial charge in [-0.25, -0.2) is 4.79 Å². The molecule has 0 saturated heterocycles. The number of ketones is 1. The molecule has 28 heavy (non-hydrogen) atoms. The molecule has 150 valence electrons. The number of dihydropyridines is 1. The summed E-state index contributed by atoms with van der Waals surface area (Å²) in [5.41, 5.74) is 3.66. The zero-order valence-corrected chi connectivity index (χ0v) is 17.8. The molecule has 1 atom stereocenters.